The summed E-state index contributed by atoms with van der Waals surface area (Å²) in [5.74, 6) is 0.363. The molecule has 3 rings (SSSR count). The molecule has 132 valence electrons. The zero-order chi connectivity index (χ0) is 17.5. The Hall–Kier alpha value is -1.89. The molecule has 1 aromatic heterocycles. The monoisotopic (exact) mass is 334 g/mol. The van der Waals surface area contributed by atoms with E-state index in [0.29, 0.717) is 24.1 Å². The fourth-order valence-electron chi connectivity index (χ4n) is 4.04. The van der Waals surface area contributed by atoms with Crippen LogP contribution in [0.5, 0.6) is 0 Å². The number of fused-ring (bicyclic) bond motifs is 2. The standard InChI is InChI=1S/C17H26N4O3/c1-4-24-16(23)17(2,3)21-9-12(8-19-21)20-15(22)13-10-5-6-11(7-10)14(13)18/h8-11,13-14H,4-7,18H2,1-3H3,(H,20,22). The minimum atomic E-state index is -0.929. The summed E-state index contributed by atoms with van der Waals surface area (Å²) in [4.78, 5) is 24.6. The number of anilines is 1. The van der Waals surface area contributed by atoms with E-state index < -0.39 is 5.54 Å². The number of rotatable bonds is 5. The quantitative estimate of drug-likeness (QED) is 0.795. The highest BCUT2D eigenvalue weighted by Gasteiger charge is 2.49. The molecule has 0 aliphatic heterocycles. The van der Waals surface area contributed by atoms with Crippen molar-refractivity contribution >= 4 is 17.6 Å². The number of esters is 1. The average molecular weight is 334 g/mol. The van der Waals surface area contributed by atoms with E-state index in [0.717, 1.165) is 19.3 Å². The van der Waals surface area contributed by atoms with Crippen LogP contribution in [0.1, 0.15) is 40.0 Å². The number of nitrogens with one attached hydrogen (secondary N) is 1. The first-order chi connectivity index (χ1) is 11.3. The van der Waals surface area contributed by atoms with Gasteiger partial charge in [-0.05, 0) is 51.9 Å². The number of amides is 1. The predicted octanol–water partition coefficient (Wildman–Crippen LogP) is 1.49. The van der Waals surface area contributed by atoms with Gasteiger partial charge >= 0.3 is 5.97 Å². The highest BCUT2D eigenvalue weighted by Crippen LogP contribution is 2.47. The molecule has 0 saturated heterocycles. The summed E-state index contributed by atoms with van der Waals surface area (Å²) in [6.45, 7) is 5.54. The highest BCUT2D eigenvalue weighted by atomic mass is 16.5. The topological polar surface area (TPSA) is 99.2 Å². The van der Waals surface area contributed by atoms with Crippen LogP contribution in [0.2, 0.25) is 0 Å². The lowest BCUT2D eigenvalue weighted by Crippen LogP contribution is -2.42. The first-order valence-electron chi connectivity index (χ1n) is 8.63. The Morgan fingerprint density at radius 3 is 2.75 bits per heavy atom. The molecular formula is C17H26N4O3. The molecule has 1 heterocycles. The molecule has 24 heavy (non-hydrogen) atoms. The molecular weight excluding hydrogens is 308 g/mol. The summed E-state index contributed by atoms with van der Waals surface area (Å²) in [5, 5.41) is 7.12. The lowest BCUT2D eigenvalue weighted by molar-refractivity contribution is -0.152. The van der Waals surface area contributed by atoms with Crippen LogP contribution < -0.4 is 11.1 Å². The molecule has 2 saturated carbocycles. The van der Waals surface area contributed by atoms with Crippen LogP contribution >= 0.6 is 0 Å². The highest BCUT2D eigenvalue weighted by molar-refractivity contribution is 5.93. The van der Waals surface area contributed by atoms with Gasteiger partial charge in [-0.15, -0.1) is 0 Å². The minimum absolute atomic E-state index is 0.0387. The van der Waals surface area contributed by atoms with E-state index in [1.165, 1.54) is 4.68 Å². The second-order valence-corrected chi connectivity index (χ2v) is 7.38. The maximum Gasteiger partial charge on any atom is 0.333 e. The lowest BCUT2D eigenvalue weighted by atomic mass is 9.84. The Kier molecular flexibility index (Phi) is 4.38. The second kappa shape index (κ2) is 6.20. The number of nitrogens with zero attached hydrogens (tertiary/aromatic N) is 2. The van der Waals surface area contributed by atoms with Gasteiger partial charge in [-0.25, -0.2) is 4.79 Å². The molecule has 0 spiro atoms. The third-order valence-electron chi connectivity index (χ3n) is 5.48. The largest absolute Gasteiger partial charge is 0.464 e. The van der Waals surface area contributed by atoms with Crippen LogP contribution in [0, 0.1) is 17.8 Å². The number of aromatic nitrogens is 2. The van der Waals surface area contributed by atoms with E-state index in [2.05, 4.69) is 10.4 Å². The van der Waals surface area contributed by atoms with Gasteiger partial charge in [0.15, 0.2) is 5.54 Å². The lowest BCUT2D eigenvalue weighted by Gasteiger charge is -2.26. The van der Waals surface area contributed by atoms with Crippen molar-refractivity contribution < 1.29 is 14.3 Å². The maximum atomic E-state index is 12.6. The Balaban J connectivity index is 1.68. The number of nitrogens with two attached hydrogens (primary N) is 1. The van der Waals surface area contributed by atoms with Gasteiger partial charge in [-0.1, -0.05) is 0 Å². The van der Waals surface area contributed by atoms with Gasteiger partial charge in [0.05, 0.1) is 24.4 Å². The summed E-state index contributed by atoms with van der Waals surface area (Å²) in [6.07, 6.45) is 6.51. The van der Waals surface area contributed by atoms with E-state index in [-0.39, 0.29) is 23.8 Å². The van der Waals surface area contributed by atoms with Crippen LogP contribution in [0.4, 0.5) is 5.69 Å². The Morgan fingerprint density at radius 2 is 2.12 bits per heavy atom. The Morgan fingerprint density at radius 1 is 1.42 bits per heavy atom. The van der Waals surface area contributed by atoms with Gasteiger partial charge in [0.1, 0.15) is 0 Å². The Bertz CT molecular complexity index is 638. The van der Waals surface area contributed by atoms with Gasteiger partial charge in [0.2, 0.25) is 5.91 Å². The first kappa shape index (κ1) is 17.0. The van der Waals surface area contributed by atoms with Crippen molar-refractivity contribution in [2.45, 2.75) is 51.6 Å². The fraction of sp³-hybridized carbons (Fsp3) is 0.706. The van der Waals surface area contributed by atoms with Gasteiger partial charge < -0.3 is 15.8 Å². The van der Waals surface area contributed by atoms with E-state index in [9.17, 15) is 9.59 Å². The van der Waals surface area contributed by atoms with E-state index >= 15 is 0 Å². The summed E-state index contributed by atoms with van der Waals surface area (Å²) >= 11 is 0. The number of carbonyl (C=O) groups excluding carboxylic acids is 2. The van der Waals surface area contributed by atoms with Crippen molar-refractivity contribution in [2.24, 2.45) is 23.5 Å². The number of ether oxygens (including phenoxy) is 1. The fourth-order valence-corrected chi connectivity index (χ4v) is 4.04. The molecule has 2 aliphatic carbocycles. The summed E-state index contributed by atoms with van der Waals surface area (Å²) in [6, 6.07) is -0.0465. The third-order valence-corrected chi connectivity index (χ3v) is 5.48. The van der Waals surface area contributed by atoms with Gasteiger partial charge in [0, 0.05) is 12.2 Å². The molecule has 1 aromatic rings. The van der Waals surface area contributed by atoms with Crippen LogP contribution in [0.3, 0.4) is 0 Å². The first-order valence-corrected chi connectivity index (χ1v) is 8.63. The van der Waals surface area contributed by atoms with Crippen molar-refractivity contribution in [3.05, 3.63) is 12.4 Å². The molecule has 7 nitrogen and oxygen atoms in total. The smallest absolute Gasteiger partial charge is 0.333 e. The molecule has 2 aliphatic rings. The summed E-state index contributed by atoms with van der Waals surface area (Å²) < 4.78 is 6.59. The third kappa shape index (κ3) is 2.81. The molecule has 2 fully saturated rings. The van der Waals surface area contributed by atoms with Crippen molar-refractivity contribution in [2.75, 3.05) is 11.9 Å². The van der Waals surface area contributed by atoms with E-state index in [1.807, 2.05) is 0 Å². The molecule has 7 heteroatoms. The molecule has 1 amide bonds. The van der Waals surface area contributed by atoms with Crippen LogP contribution in [0.15, 0.2) is 12.4 Å². The van der Waals surface area contributed by atoms with Crippen LogP contribution in [-0.2, 0) is 19.9 Å². The summed E-state index contributed by atoms with van der Waals surface area (Å²) in [5.41, 5.74) is 5.87. The molecule has 0 aromatic carbocycles. The van der Waals surface area contributed by atoms with Gasteiger partial charge in [-0.3, -0.25) is 9.48 Å². The predicted molar refractivity (Wildman–Crippen MR) is 89.1 cm³/mol. The van der Waals surface area contributed by atoms with E-state index in [1.54, 1.807) is 33.2 Å². The average Bonchev–Trinajstić information content (AvgIpc) is 3.23. The normalized spacial score (nSPS) is 28.8. The summed E-state index contributed by atoms with van der Waals surface area (Å²) in [7, 11) is 0. The molecule has 4 atom stereocenters. The van der Waals surface area contributed by atoms with Crippen molar-refractivity contribution in [3.63, 3.8) is 0 Å². The van der Waals surface area contributed by atoms with Crippen LogP contribution in [0.25, 0.3) is 0 Å². The minimum Gasteiger partial charge on any atom is -0.464 e. The van der Waals surface area contributed by atoms with Crippen molar-refractivity contribution in [1.29, 1.82) is 0 Å². The van der Waals surface area contributed by atoms with Gasteiger partial charge in [-0.2, -0.15) is 5.10 Å². The molecule has 0 radical (unpaired) electrons. The zero-order valence-corrected chi connectivity index (χ0v) is 14.5. The number of hydrogen-bond donors (Lipinski definition) is 2. The number of hydrogen-bond acceptors (Lipinski definition) is 5. The van der Waals surface area contributed by atoms with E-state index in [4.69, 9.17) is 10.5 Å². The van der Waals surface area contributed by atoms with Crippen LogP contribution in [-0.4, -0.2) is 34.3 Å². The zero-order valence-electron chi connectivity index (χ0n) is 14.5. The Labute approximate surface area is 141 Å². The SMILES string of the molecule is CCOC(=O)C(C)(C)n1cc(NC(=O)C2C3CCC(C3)C2N)cn1. The maximum absolute atomic E-state index is 12.6. The number of carbonyl (C=O) groups is 2. The van der Waals surface area contributed by atoms with Gasteiger partial charge in [0.25, 0.3) is 0 Å². The van der Waals surface area contributed by atoms with Crippen molar-refractivity contribution in [1.82, 2.24) is 9.78 Å². The van der Waals surface area contributed by atoms with Crippen molar-refractivity contribution in [3.8, 4) is 0 Å². The molecule has 2 bridgehead atoms. The molecule has 4 unspecified atom stereocenters. The second-order valence-electron chi connectivity index (χ2n) is 7.38. The molecule has 3 N–H and O–H groups in total.